The van der Waals surface area contributed by atoms with Crippen LogP contribution in [-0.2, 0) is 9.53 Å². The largest absolute Gasteiger partial charge is 0.361 e. The monoisotopic (exact) mass is 590 g/mol. The fourth-order valence-electron chi connectivity index (χ4n) is 4.03. The van der Waals surface area contributed by atoms with Gasteiger partial charge in [0.05, 0.1) is 6.54 Å². The van der Waals surface area contributed by atoms with Crippen molar-refractivity contribution in [2.75, 3.05) is 26.4 Å². The van der Waals surface area contributed by atoms with Crippen molar-refractivity contribution in [1.29, 1.82) is 0 Å². The van der Waals surface area contributed by atoms with Crippen molar-refractivity contribution in [2.24, 2.45) is 0 Å². The fraction of sp³-hybridized carbons (Fsp3) is 0.815. The molecule has 1 aliphatic rings. The van der Waals surface area contributed by atoms with Crippen LogP contribution < -0.4 is 5.32 Å². The number of hydrogen-bond donors (Lipinski definition) is 1. The molecule has 0 aromatic rings. The van der Waals surface area contributed by atoms with Crippen LogP contribution in [0, 0.1) is 0 Å². The molecular formula is C27H48Br2N2O2. The zero-order chi connectivity index (χ0) is 24.2. The van der Waals surface area contributed by atoms with E-state index in [1.165, 1.54) is 83.5 Å². The van der Waals surface area contributed by atoms with E-state index in [0.717, 1.165) is 18.6 Å². The smallest absolute Gasteiger partial charge is 0.249 e. The Morgan fingerprint density at radius 3 is 2.12 bits per heavy atom. The Kier molecular flexibility index (Phi) is 19.5. The van der Waals surface area contributed by atoms with Crippen LogP contribution in [0.2, 0.25) is 0 Å². The maximum atomic E-state index is 11.9. The molecule has 0 aliphatic carbocycles. The molecule has 0 saturated carbocycles. The third-order valence-electron chi connectivity index (χ3n) is 6.10. The topological polar surface area (TPSA) is 41.6 Å². The number of likely N-dealkylation sites (N-methyl/N-ethyl adjacent to an activating group) is 1. The molecule has 1 amide bonds. The number of carbonyl (C=O) groups is 1. The van der Waals surface area contributed by atoms with E-state index in [1.807, 2.05) is 30.2 Å². The predicted octanol–water partition coefficient (Wildman–Crippen LogP) is 7.86. The number of nitrogens with one attached hydrogen (secondary N) is 1. The molecule has 192 valence electrons. The number of unbranched alkanes of at least 4 members (excludes halogenated alkanes) is 10. The molecule has 0 radical (unpaired) electrons. The summed E-state index contributed by atoms with van der Waals surface area (Å²) in [5, 5.41) is 2.85. The highest BCUT2D eigenvalue weighted by Crippen LogP contribution is 2.25. The van der Waals surface area contributed by atoms with Gasteiger partial charge in [0.1, 0.15) is 6.73 Å². The number of halogens is 2. The van der Waals surface area contributed by atoms with Gasteiger partial charge >= 0.3 is 0 Å². The summed E-state index contributed by atoms with van der Waals surface area (Å²) >= 11 is 7.80. The lowest BCUT2D eigenvalue weighted by Crippen LogP contribution is -2.33. The van der Waals surface area contributed by atoms with Crippen molar-refractivity contribution < 1.29 is 9.53 Å². The minimum Gasteiger partial charge on any atom is -0.361 e. The second-order valence-electron chi connectivity index (χ2n) is 9.18. The molecule has 0 aromatic carbocycles. The number of nitrogens with zero attached hydrogens (tertiary/aromatic N) is 1. The Bertz CT molecular complexity index is 554. The summed E-state index contributed by atoms with van der Waals surface area (Å²) in [6.45, 7) is 6.82. The number of amides is 1. The summed E-state index contributed by atoms with van der Waals surface area (Å²) < 4.78 is 5.81. The number of alkyl halides is 2. The van der Waals surface area contributed by atoms with Crippen LogP contribution in [0.15, 0.2) is 23.9 Å². The first-order valence-electron chi connectivity index (χ1n) is 13.3. The molecule has 4 nitrogen and oxygen atoms in total. The third kappa shape index (κ3) is 16.1. The van der Waals surface area contributed by atoms with Crippen LogP contribution in [0.4, 0.5) is 0 Å². The molecule has 2 atom stereocenters. The van der Waals surface area contributed by atoms with Crippen molar-refractivity contribution >= 4 is 37.8 Å². The van der Waals surface area contributed by atoms with Gasteiger partial charge in [0.25, 0.3) is 0 Å². The molecule has 1 heterocycles. The maximum absolute atomic E-state index is 11.9. The summed E-state index contributed by atoms with van der Waals surface area (Å²) in [5.41, 5.74) is 0.794. The summed E-state index contributed by atoms with van der Waals surface area (Å²) in [7, 11) is 0. The molecular weight excluding hydrogens is 544 g/mol. The standard InChI is InChI=1S/C27H48Br2N2O2/c1-3-5-6-7-10-13-18-25(28)26(29)19-14-11-8-9-12-15-21-33-23-31-20-16-17-24(22-31)27(32)30-4-2/h16-17,20,25-26H,3-15,18-19,21-23H2,1-2H3,(H,30,32). The molecule has 33 heavy (non-hydrogen) atoms. The van der Waals surface area contributed by atoms with Gasteiger partial charge in [-0.25, -0.2) is 0 Å². The van der Waals surface area contributed by atoms with Gasteiger partial charge in [0, 0.05) is 34.6 Å². The molecule has 0 fully saturated rings. The van der Waals surface area contributed by atoms with Gasteiger partial charge in [-0.15, -0.1) is 0 Å². The van der Waals surface area contributed by atoms with E-state index in [4.69, 9.17) is 4.74 Å². The fourth-order valence-corrected chi connectivity index (χ4v) is 5.21. The van der Waals surface area contributed by atoms with E-state index in [9.17, 15) is 4.79 Å². The van der Waals surface area contributed by atoms with Crippen molar-refractivity contribution in [3.05, 3.63) is 23.9 Å². The van der Waals surface area contributed by atoms with E-state index in [1.54, 1.807) is 0 Å². The first-order chi connectivity index (χ1) is 16.1. The van der Waals surface area contributed by atoms with Gasteiger partial charge < -0.3 is 15.0 Å². The lowest BCUT2D eigenvalue weighted by atomic mass is 10.0. The molecule has 0 bridgehead atoms. The van der Waals surface area contributed by atoms with Gasteiger partial charge in [-0.3, -0.25) is 4.79 Å². The van der Waals surface area contributed by atoms with E-state index in [2.05, 4.69) is 44.1 Å². The number of ether oxygens (including phenoxy) is 1. The van der Waals surface area contributed by atoms with Crippen LogP contribution in [0.25, 0.3) is 0 Å². The highest BCUT2D eigenvalue weighted by atomic mass is 79.9. The van der Waals surface area contributed by atoms with Crippen LogP contribution in [0.1, 0.15) is 104 Å². The van der Waals surface area contributed by atoms with Crippen molar-refractivity contribution in [3.63, 3.8) is 0 Å². The molecule has 1 N–H and O–H groups in total. The van der Waals surface area contributed by atoms with Crippen molar-refractivity contribution in [2.45, 2.75) is 113 Å². The maximum Gasteiger partial charge on any atom is 0.249 e. The Morgan fingerprint density at radius 2 is 1.52 bits per heavy atom. The lowest BCUT2D eigenvalue weighted by molar-refractivity contribution is -0.117. The van der Waals surface area contributed by atoms with E-state index in [0.29, 0.717) is 29.5 Å². The zero-order valence-electron chi connectivity index (χ0n) is 21.1. The first-order valence-corrected chi connectivity index (χ1v) is 15.2. The summed E-state index contributed by atoms with van der Waals surface area (Å²) in [5.74, 6) is 0.0162. The average Bonchev–Trinajstić information content (AvgIpc) is 2.82. The highest BCUT2D eigenvalue weighted by Gasteiger charge is 2.15. The summed E-state index contributed by atoms with van der Waals surface area (Å²) in [6, 6.07) is 0. The number of carbonyl (C=O) groups excluding carboxylic acids is 1. The zero-order valence-corrected chi connectivity index (χ0v) is 24.3. The average molecular weight is 593 g/mol. The third-order valence-corrected chi connectivity index (χ3v) is 9.00. The van der Waals surface area contributed by atoms with Crippen LogP contribution in [0.5, 0.6) is 0 Å². The molecule has 0 aromatic heterocycles. The minimum atomic E-state index is 0.0162. The highest BCUT2D eigenvalue weighted by molar-refractivity contribution is 9.12. The minimum absolute atomic E-state index is 0.0162. The van der Waals surface area contributed by atoms with Gasteiger partial charge in [-0.1, -0.05) is 115 Å². The summed E-state index contributed by atoms with van der Waals surface area (Å²) in [4.78, 5) is 15.2. The van der Waals surface area contributed by atoms with Crippen LogP contribution in [0.3, 0.4) is 0 Å². The van der Waals surface area contributed by atoms with Gasteiger partial charge in [0.2, 0.25) is 5.91 Å². The molecule has 1 rings (SSSR count). The molecule has 0 saturated heterocycles. The Labute approximate surface area is 220 Å². The Hall–Kier alpha value is -0.330. The SMILES string of the molecule is CCCCCCCCC(Br)C(Br)CCCCCCCCOCN1C=CC=C(C(=O)NCC)C1. The number of rotatable bonds is 21. The normalized spacial score (nSPS) is 15.4. The van der Waals surface area contributed by atoms with Gasteiger partial charge in [-0.2, -0.15) is 0 Å². The second kappa shape index (κ2) is 21.0. The van der Waals surface area contributed by atoms with Crippen LogP contribution >= 0.6 is 31.9 Å². The molecule has 6 heteroatoms. The number of allylic oxidation sites excluding steroid dienone is 2. The van der Waals surface area contributed by atoms with E-state index >= 15 is 0 Å². The summed E-state index contributed by atoms with van der Waals surface area (Å²) in [6.07, 6.45) is 24.2. The Morgan fingerprint density at radius 1 is 0.939 bits per heavy atom. The van der Waals surface area contributed by atoms with Crippen molar-refractivity contribution in [3.8, 4) is 0 Å². The van der Waals surface area contributed by atoms with E-state index in [-0.39, 0.29) is 5.91 Å². The van der Waals surface area contributed by atoms with Gasteiger partial charge in [0.15, 0.2) is 0 Å². The lowest BCUT2D eigenvalue weighted by Gasteiger charge is -2.24. The Balaban J connectivity index is 1.91. The molecule has 2 unspecified atom stereocenters. The molecule has 1 aliphatic heterocycles. The van der Waals surface area contributed by atoms with Crippen molar-refractivity contribution in [1.82, 2.24) is 10.2 Å². The number of hydrogen-bond acceptors (Lipinski definition) is 3. The second-order valence-corrected chi connectivity index (χ2v) is 11.5. The van der Waals surface area contributed by atoms with Gasteiger partial charge in [-0.05, 0) is 32.3 Å². The first kappa shape index (κ1) is 30.7. The van der Waals surface area contributed by atoms with Crippen LogP contribution in [-0.4, -0.2) is 46.9 Å². The van der Waals surface area contributed by atoms with E-state index < -0.39 is 0 Å². The molecule has 0 spiro atoms. The predicted molar refractivity (Wildman–Crippen MR) is 149 cm³/mol. The quantitative estimate of drug-likeness (QED) is 0.109.